The molecule has 1 amide bonds. The van der Waals surface area contributed by atoms with Crippen LogP contribution in [0.25, 0.3) is 0 Å². The van der Waals surface area contributed by atoms with Crippen LogP contribution in [0.1, 0.15) is 31.7 Å². The van der Waals surface area contributed by atoms with E-state index in [0.717, 1.165) is 50.7 Å². The molecule has 0 bridgehead atoms. The summed E-state index contributed by atoms with van der Waals surface area (Å²) in [4.78, 5) is 21.9. The Morgan fingerprint density at radius 1 is 1.33 bits per heavy atom. The van der Waals surface area contributed by atoms with Gasteiger partial charge in [-0.25, -0.2) is 9.98 Å². The van der Waals surface area contributed by atoms with Crippen molar-refractivity contribution in [2.24, 2.45) is 10.9 Å². The number of guanidine groups is 1. The van der Waals surface area contributed by atoms with E-state index in [1.807, 2.05) is 6.92 Å². The number of carbonyl (C=O) groups excluding carboxylic acids is 1. The fourth-order valence-electron chi connectivity index (χ4n) is 3.07. The van der Waals surface area contributed by atoms with Gasteiger partial charge in [0.1, 0.15) is 6.61 Å². The monoisotopic (exact) mass is 543 g/mol. The second-order valence-electron chi connectivity index (χ2n) is 6.77. The number of likely N-dealkylation sites (tertiary alicyclic amines) is 1. The Bertz CT molecular complexity index is 678. The SMILES string of the molecule is CCNC(=NCCOc1ccc(C(F)(F)F)cn1)N1CCC(CC(=O)NC)CC1.I. The molecule has 7 nitrogen and oxygen atoms in total. The summed E-state index contributed by atoms with van der Waals surface area (Å²) in [5.41, 5.74) is -0.808. The van der Waals surface area contributed by atoms with E-state index in [4.69, 9.17) is 4.74 Å². The molecule has 30 heavy (non-hydrogen) atoms. The minimum Gasteiger partial charge on any atom is -0.476 e. The van der Waals surface area contributed by atoms with Gasteiger partial charge in [-0.1, -0.05) is 0 Å². The average molecular weight is 543 g/mol. The number of piperidine rings is 1. The molecule has 1 aliphatic heterocycles. The van der Waals surface area contributed by atoms with E-state index >= 15 is 0 Å². The number of nitrogens with zero attached hydrogens (tertiary/aromatic N) is 3. The van der Waals surface area contributed by atoms with Crippen molar-refractivity contribution in [3.63, 3.8) is 0 Å². The van der Waals surface area contributed by atoms with Crippen molar-refractivity contribution in [2.75, 3.05) is 39.8 Å². The van der Waals surface area contributed by atoms with Gasteiger partial charge in [-0.15, -0.1) is 24.0 Å². The van der Waals surface area contributed by atoms with Crippen LogP contribution in [0.5, 0.6) is 5.88 Å². The molecule has 1 aromatic rings. The van der Waals surface area contributed by atoms with Crippen LogP contribution in [0.15, 0.2) is 23.3 Å². The summed E-state index contributed by atoms with van der Waals surface area (Å²) in [6.45, 7) is 4.89. The molecule has 2 heterocycles. The number of ether oxygens (including phenoxy) is 1. The molecule has 0 atom stereocenters. The first-order chi connectivity index (χ1) is 13.8. The maximum Gasteiger partial charge on any atom is 0.417 e. The Hall–Kier alpha value is -1.79. The predicted molar refractivity (Wildman–Crippen MR) is 119 cm³/mol. The van der Waals surface area contributed by atoms with Gasteiger partial charge < -0.3 is 20.3 Å². The number of nitrogens with one attached hydrogen (secondary N) is 2. The Balaban J connectivity index is 0.00000450. The van der Waals surface area contributed by atoms with E-state index in [9.17, 15) is 18.0 Å². The zero-order valence-corrected chi connectivity index (χ0v) is 19.5. The average Bonchev–Trinajstić information content (AvgIpc) is 2.70. The van der Waals surface area contributed by atoms with Crippen molar-refractivity contribution >= 4 is 35.8 Å². The van der Waals surface area contributed by atoms with Crippen LogP contribution in [-0.2, 0) is 11.0 Å². The van der Waals surface area contributed by atoms with Gasteiger partial charge in [-0.05, 0) is 31.7 Å². The summed E-state index contributed by atoms with van der Waals surface area (Å²) < 4.78 is 43.0. The van der Waals surface area contributed by atoms with Crippen LogP contribution < -0.4 is 15.4 Å². The smallest absolute Gasteiger partial charge is 0.417 e. The van der Waals surface area contributed by atoms with Crippen molar-refractivity contribution in [3.8, 4) is 5.88 Å². The van der Waals surface area contributed by atoms with E-state index in [2.05, 4.69) is 25.5 Å². The van der Waals surface area contributed by atoms with Crippen molar-refractivity contribution in [3.05, 3.63) is 23.9 Å². The van der Waals surface area contributed by atoms with Crippen molar-refractivity contribution in [2.45, 2.75) is 32.4 Å². The lowest BCUT2D eigenvalue weighted by Gasteiger charge is -2.34. The zero-order valence-electron chi connectivity index (χ0n) is 17.2. The van der Waals surface area contributed by atoms with E-state index < -0.39 is 11.7 Å². The standard InChI is InChI=1S/C19H28F3N5O2.HI/c1-3-24-18(27-9-6-14(7-10-27)12-16(28)23-2)25-8-11-29-17-5-4-15(13-26-17)19(20,21)22;/h4-5,13-14H,3,6-12H2,1-2H3,(H,23,28)(H,24,25);1H. The number of carbonyl (C=O) groups is 1. The fourth-order valence-corrected chi connectivity index (χ4v) is 3.07. The predicted octanol–water partition coefficient (Wildman–Crippen LogP) is 2.91. The molecule has 11 heteroatoms. The molecular weight excluding hydrogens is 514 g/mol. The third-order valence-electron chi connectivity index (χ3n) is 4.67. The highest BCUT2D eigenvalue weighted by atomic mass is 127. The molecule has 1 saturated heterocycles. The van der Waals surface area contributed by atoms with Crippen LogP contribution >= 0.6 is 24.0 Å². The molecule has 170 valence electrons. The number of amides is 1. The largest absolute Gasteiger partial charge is 0.476 e. The third kappa shape index (κ3) is 8.52. The number of alkyl halides is 3. The fraction of sp³-hybridized carbons (Fsp3) is 0.632. The molecule has 0 unspecified atom stereocenters. The topological polar surface area (TPSA) is 78.9 Å². The van der Waals surface area contributed by atoms with Crippen molar-refractivity contribution in [1.29, 1.82) is 0 Å². The van der Waals surface area contributed by atoms with Crippen LogP contribution in [0, 0.1) is 5.92 Å². The quantitative estimate of drug-likeness (QED) is 0.240. The third-order valence-corrected chi connectivity index (χ3v) is 4.67. The maximum atomic E-state index is 12.5. The lowest BCUT2D eigenvalue weighted by atomic mass is 9.93. The van der Waals surface area contributed by atoms with Gasteiger partial charge in [0.05, 0.1) is 12.1 Å². The highest BCUT2D eigenvalue weighted by molar-refractivity contribution is 14.0. The minimum absolute atomic E-state index is 0. The molecule has 0 radical (unpaired) electrons. The van der Waals surface area contributed by atoms with Crippen LogP contribution in [0.2, 0.25) is 0 Å². The molecule has 0 saturated carbocycles. The summed E-state index contributed by atoms with van der Waals surface area (Å²) in [6, 6.07) is 2.15. The second-order valence-corrected chi connectivity index (χ2v) is 6.77. The molecule has 0 spiro atoms. The Morgan fingerprint density at radius 2 is 2.03 bits per heavy atom. The van der Waals surface area contributed by atoms with Crippen LogP contribution in [0.3, 0.4) is 0 Å². The normalized spacial score (nSPS) is 15.4. The summed E-state index contributed by atoms with van der Waals surface area (Å²) in [5.74, 6) is 1.35. The number of halogens is 4. The molecule has 2 N–H and O–H groups in total. The van der Waals surface area contributed by atoms with E-state index in [0.29, 0.717) is 18.9 Å². The Kier molecular flexibility index (Phi) is 11.2. The van der Waals surface area contributed by atoms with E-state index in [-0.39, 0.29) is 42.4 Å². The summed E-state index contributed by atoms with van der Waals surface area (Å²) in [5, 5.41) is 5.90. The molecule has 1 fully saturated rings. The van der Waals surface area contributed by atoms with Gasteiger partial charge in [-0.3, -0.25) is 4.79 Å². The second kappa shape index (κ2) is 12.8. The van der Waals surface area contributed by atoms with E-state index in [1.165, 1.54) is 6.07 Å². The van der Waals surface area contributed by atoms with Crippen molar-refractivity contribution in [1.82, 2.24) is 20.5 Å². The highest BCUT2D eigenvalue weighted by Crippen LogP contribution is 2.29. The Morgan fingerprint density at radius 3 is 2.57 bits per heavy atom. The first-order valence-corrected chi connectivity index (χ1v) is 9.73. The number of hydrogen-bond acceptors (Lipinski definition) is 4. The molecule has 0 aromatic carbocycles. The van der Waals surface area contributed by atoms with Gasteiger partial charge in [0.25, 0.3) is 0 Å². The number of aliphatic imine (C=N–C) groups is 1. The van der Waals surface area contributed by atoms with Crippen LogP contribution in [0.4, 0.5) is 13.2 Å². The number of rotatable bonds is 7. The maximum absolute atomic E-state index is 12.5. The molecular formula is C19H29F3IN5O2. The van der Waals surface area contributed by atoms with Crippen molar-refractivity contribution < 1.29 is 22.7 Å². The molecule has 1 aromatic heterocycles. The van der Waals surface area contributed by atoms with Crippen LogP contribution in [-0.4, -0.2) is 61.6 Å². The first-order valence-electron chi connectivity index (χ1n) is 9.73. The van der Waals surface area contributed by atoms with Gasteiger partial charge in [0.15, 0.2) is 5.96 Å². The molecule has 2 rings (SSSR count). The number of hydrogen-bond donors (Lipinski definition) is 2. The lowest BCUT2D eigenvalue weighted by Crippen LogP contribution is -2.46. The zero-order chi connectivity index (χ0) is 21.3. The summed E-state index contributed by atoms with van der Waals surface area (Å²) >= 11 is 0. The first kappa shape index (κ1) is 26.2. The van der Waals surface area contributed by atoms with E-state index in [1.54, 1.807) is 7.05 Å². The minimum atomic E-state index is -4.41. The Labute approximate surface area is 191 Å². The van der Waals surface area contributed by atoms with Gasteiger partial charge >= 0.3 is 6.18 Å². The van der Waals surface area contributed by atoms with Gasteiger partial charge in [-0.2, -0.15) is 13.2 Å². The lowest BCUT2D eigenvalue weighted by molar-refractivity contribution is -0.137. The highest BCUT2D eigenvalue weighted by Gasteiger charge is 2.30. The summed E-state index contributed by atoms with van der Waals surface area (Å²) in [7, 11) is 1.65. The summed E-state index contributed by atoms with van der Waals surface area (Å²) in [6.07, 6.45) is -1.27. The molecule has 1 aliphatic rings. The molecule has 0 aliphatic carbocycles. The number of aromatic nitrogens is 1. The number of pyridine rings is 1. The van der Waals surface area contributed by atoms with Gasteiger partial charge in [0.2, 0.25) is 11.8 Å². The van der Waals surface area contributed by atoms with Gasteiger partial charge in [0, 0.05) is 45.4 Å².